The van der Waals surface area contributed by atoms with Gasteiger partial charge in [0.25, 0.3) is 0 Å². The summed E-state index contributed by atoms with van der Waals surface area (Å²) >= 11 is 0. The third kappa shape index (κ3) is 3.73. The molecule has 0 unspecified atom stereocenters. The molecule has 0 spiro atoms. The van der Waals surface area contributed by atoms with Gasteiger partial charge in [0.05, 0.1) is 12.8 Å². The summed E-state index contributed by atoms with van der Waals surface area (Å²) in [5.74, 6) is -0.551. The van der Waals surface area contributed by atoms with Crippen molar-refractivity contribution >= 4 is 17.5 Å². The normalized spacial score (nSPS) is 9.68. The van der Waals surface area contributed by atoms with Crippen LogP contribution in [0.2, 0.25) is 0 Å². The number of ether oxygens (including phenoxy) is 1. The van der Waals surface area contributed by atoms with Crippen LogP contribution in [0.15, 0.2) is 42.5 Å². The Morgan fingerprint density at radius 1 is 1.27 bits per heavy atom. The van der Waals surface area contributed by atoms with E-state index in [9.17, 15) is 9.18 Å². The van der Waals surface area contributed by atoms with E-state index < -0.39 is 11.9 Å². The van der Waals surface area contributed by atoms with Crippen LogP contribution in [0.3, 0.4) is 0 Å². The number of benzene rings is 2. The minimum Gasteiger partial charge on any atom is -0.453 e. The molecule has 0 aliphatic rings. The zero-order chi connectivity index (χ0) is 15.9. The Hall–Kier alpha value is -3.07. The molecule has 5 nitrogen and oxygen atoms in total. The van der Waals surface area contributed by atoms with Crippen molar-refractivity contribution in [1.29, 1.82) is 5.26 Å². The van der Waals surface area contributed by atoms with Crippen molar-refractivity contribution in [2.24, 2.45) is 0 Å². The summed E-state index contributed by atoms with van der Waals surface area (Å²) in [4.78, 5) is 11.1. The van der Waals surface area contributed by atoms with Crippen molar-refractivity contribution in [3.63, 3.8) is 0 Å². The van der Waals surface area contributed by atoms with E-state index in [0.29, 0.717) is 17.9 Å². The fourth-order valence-corrected chi connectivity index (χ4v) is 1.86. The van der Waals surface area contributed by atoms with Crippen LogP contribution in [-0.4, -0.2) is 13.2 Å². The highest BCUT2D eigenvalue weighted by Crippen LogP contribution is 2.19. The van der Waals surface area contributed by atoms with Crippen molar-refractivity contribution in [2.45, 2.75) is 6.54 Å². The van der Waals surface area contributed by atoms with Gasteiger partial charge in [0.15, 0.2) is 0 Å². The largest absolute Gasteiger partial charge is 0.453 e. The SMILES string of the molecule is COC(=O)Nc1ccc(CNc2cccc(F)c2C#N)cc1. The quantitative estimate of drug-likeness (QED) is 0.906. The van der Waals surface area contributed by atoms with Crippen LogP contribution in [0, 0.1) is 17.1 Å². The van der Waals surface area contributed by atoms with Crippen LogP contribution in [-0.2, 0) is 11.3 Å². The molecule has 0 aromatic heterocycles. The smallest absolute Gasteiger partial charge is 0.411 e. The molecule has 2 aromatic carbocycles. The van der Waals surface area contributed by atoms with Crippen molar-refractivity contribution in [3.05, 3.63) is 59.4 Å². The van der Waals surface area contributed by atoms with Gasteiger partial charge in [0.2, 0.25) is 0 Å². The van der Waals surface area contributed by atoms with Crippen LogP contribution in [0.5, 0.6) is 0 Å². The highest BCUT2D eigenvalue weighted by atomic mass is 19.1. The first-order valence-corrected chi connectivity index (χ1v) is 6.50. The van der Waals surface area contributed by atoms with E-state index in [0.717, 1.165) is 5.56 Å². The number of halogens is 1. The first kappa shape index (κ1) is 15.3. The van der Waals surface area contributed by atoms with Crippen molar-refractivity contribution < 1.29 is 13.9 Å². The standard InChI is InChI=1S/C16H14FN3O2/c1-22-16(21)20-12-7-5-11(6-8-12)10-19-15-4-2-3-14(17)13(15)9-18/h2-8,19H,10H2,1H3,(H,20,21). The number of methoxy groups -OCH3 is 1. The van der Waals surface area contributed by atoms with E-state index in [4.69, 9.17) is 5.26 Å². The molecule has 0 aliphatic carbocycles. The summed E-state index contributed by atoms with van der Waals surface area (Å²) in [5, 5.41) is 14.5. The van der Waals surface area contributed by atoms with Crippen LogP contribution < -0.4 is 10.6 Å². The highest BCUT2D eigenvalue weighted by molar-refractivity contribution is 5.84. The topological polar surface area (TPSA) is 74.2 Å². The maximum Gasteiger partial charge on any atom is 0.411 e. The number of rotatable bonds is 4. The summed E-state index contributed by atoms with van der Waals surface area (Å²) in [6.07, 6.45) is -0.538. The predicted molar refractivity (Wildman–Crippen MR) is 80.9 cm³/mol. The van der Waals surface area contributed by atoms with Gasteiger partial charge >= 0.3 is 6.09 Å². The van der Waals surface area contributed by atoms with Crippen LogP contribution in [0.25, 0.3) is 0 Å². The predicted octanol–water partition coefficient (Wildman–Crippen LogP) is 3.49. The molecular weight excluding hydrogens is 285 g/mol. The van der Waals surface area contributed by atoms with Gasteiger partial charge in [-0.05, 0) is 29.8 Å². The van der Waals surface area contributed by atoms with Gasteiger partial charge in [-0.25, -0.2) is 9.18 Å². The second-order valence-electron chi connectivity index (χ2n) is 4.44. The Morgan fingerprint density at radius 3 is 2.64 bits per heavy atom. The van der Waals surface area contributed by atoms with E-state index in [1.807, 2.05) is 18.2 Å². The average molecular weight is 299 g/mol. The molecule has 112 valence electrons. The molecule has 22 heavy (non-hydrogen) atoms. The molecule has 0 bridgehead atoms. The van der Waals surface area contributed by atoms with Crippen molar-refractivity contribution in [1.82, 2.24) is 0 Å². The van der Waals surface area contributed by atoms with Gasteiger partial charge in [-0.3, -0.25) is 5.32 Å². The maximum atomic E-state index is 13.5. The number of nitriles is 1. The van der Waals surface area contributed by atoms with Crippen LogP contribution in [0.4, 0.5) is 20.6 Å². The summed E-state index contributed by atoms with van der Waals surface area (Å²) in [6, 6.07) is 13.3. The monoisotopic (exact) mass is 299 g/mol. The first-order chi connectivity index (χ1) is 10.6. The molecule has 0 heterocycles. The summed E-state index contributed by atoms with van der Waals surface area (Å²) in [5.41, 5.74) is 1.97. The Kier molecular flexibility index (Phi) is 4.94. The molecular formula is C16H14FN3O2. The number of hydrogen-bond acceptors (Lipinski definition) is 4. The lowest BCUT2D eigenvalue weighted by molar-refractivity contribution is 0.187. The van der Waals surface area contributed by atoms with Gasteiger partial charge in [-0.2, -0.15) is 5.26 Å². The van der Waals surface area contributed by atoms with E-state index in [1.54, 1.807) is 24.3 Å². The third-order valence-electron chi connectivity index (χ3n) is 2.99. The second-order valence-corrected chi connectivity index (χ2v) is 4.44. The van der Waals surface area contributed by atoms with Crippen LogP contribution in [0.1, 0.15) is 11.1 Å². The molecule has 2 aromatic rings. The average Bonchev–Trinajstić information content (AvgIpc) is 2.54. The molecule has 0 aliphatic heterocycles. The lowest BCUT2D eigenvalue weighted by Crippen LogP contribution is -2.10. The Labute approximate surface area is 127 Å². The van der Waals surface area contributed by atoms with Crippen LogP contribution >= 0.6 is 0 Å². The number of amides is 1. The molecule has 2 rings (SSSR count). The van der Waals surface area contributed by atoms with Gasteiger partial charge in [0.1, 0.15) is 17.4 Å². The van der Waals surface area contributed by atoms with E-state index >= 15 is 0 Å². The Balaban J connectivity index is 2.02. The number of nitrogens with one attached hydrogen (secondary N) is 2. The van der Waals surface area contributed by atoms with Crippen molar-refractivity contribution in [3.8, 4) is 6.07 Å². The number of nitrogens with zero attached hydrogens (tertiary/aromatic N) is 1. The third-order valence-corrected chi connectivity index (χ3v) is 2.99. The van der Waals surface area contributed by atoms with E-state index in [2.05, 4.69) is 15.4 Å². The molecule has 0 fully saturated rings. The minimum atomic E-state index is -0.551. The lowest BCUT2D eigenvalue weighted by atomic mass is 10.1. The molecule has 6 heteroatoms. The van der Waals surface area contributed by atoms with Gasteiger partial charge in [-0.15, -0.1) is 0 Å². The lowest BCUT2D eigenvalue weighted by Gasteiger charge is -2.09. The minimum absolute atomic E-state index is 0.00789. The molecule has 0 atom stereocenters. The fourth-order valence-electron chi connectivity index (χ4n) is 1.86. The van der Waals surface area contributed by atoms with E-state index in [1.165, 1.54) is 13.2 Å². The molecule has 0 saturated carbocycles. The summed E-state index contributed by atoms with van der Waals surface area (Å²) < 4.78 is 18.0. The summed E-state index contributed by atoms with van der Waals surface area (Å²) in [7, 11) is 1.29. The highest BCUT2D eigenvalue weighted by Gasteiger charge is 2.07. The van der Waals surface area contributed by atoms with Gasteiger partial charge < -0.3 is 10.1 Å². The van der Waals surface area contributed by atoms with Gasteiger partial charge in [0, 0.05) is 12.2 Å². The second kappa shape index (κ2) is 7.09. The van der Waals surface area contributed by atoms with E-state index in [-0.39, 0.29) is 5.56 Å². The molecule has 0 saturated heterocycles. The number of anilines is 2. The van der Waals surface area contributed by atoms with Gasteiger partial charge in [-0.1, -0.05) is 18.2 Å². The number of carbonyl (C=O) groups is 1. The fraction of sp³-hybridized carbons (Fsp3) is 0.125. The molecule has 0 radical (unpaired) electrons. The maximum absolute atomic E-state index is 13.5. The number of hydrogen-bond donors (Lipinski definition) is 2. The zero-order valence-corrected chi connectivity index (χ0v) is 11.9. The Morgan fingerprint density at radius 2 is 2.00 bits per heavy atom. The molecule has 2 N–H and O–H groups in total. The van der Waals surface area contributed by atoms with Crippen molar-refractivity contribution in [2.75, 3.05) is 17.7 Å². The number of carbonyl (C=O) groups excluding carboxylic acids is 1. The first-order valence-electron chi connectivity index (χ1n) is 6.50. The summed E-state index contributed by atoms with van der Waals surface area (Å²) in [6.45, 7) is 0.427. The molecule has 1 amide bonds. The zero-order valence-electron chi connectivity index (χ0n) is 11.9. The Bertz CT molecular complexity index is 708.